The number of nitrogens with one attached hydrogen (secondary N) is 2. The molecule has 0 bridgehead atoms. The first-order valence-corrected chi connectivity index (χ1v) is 9.58. The average Bonchev–Trinajstić information content (AvgIpc) is 2.98. The first-order chi connectivity index (χ1) is 13.4. The smallest absolute Gasteiger partial charge is 0.444 e. The predicted molar refractivity (Wildman–Crippen MR) is 107 cm³/mol. The highest BCUT2D eigenvalue weighted by atomic mass is 19.4. The first kappa shape index (κ1) is 24.3. The third-order valence-electron chi connectivity index (χ3n) is 4.98. The zero-order valence-electron chi connectivity index (χ0n) is 18.6. The molecule has 0 spiro atoms. The van der Waals surface area contributed by atoms with E-state index >= 15 is 0 Å². The third-order valence-corrected chi connectivity index (χ3v) is 4.98. The van der Waals surface area contributed by atoms with Gasteiger partial charge in [-0.25, -0.2) is 4.79 Å². The molecule has 1 fully saturated rings. The molecule has 168 valence electrons. The fraction of sp³-hybridized carbons (Fsp3) is 0.684. The average molecular weight is 431 g/mol. The van der Waals surface area contributed by atoms with Gasteiger partial charge in [-0.1, -0.05) is 6.08 Å². The largest absolute Gasteiger partial charge is 0.492 e. The van der Waals surface area contributed by atoms with E-state index in [0.29, 0.717) is 5.47 Å². The van der Waals surface area contributed by atoms with Crippen LogP contribution < -0.4 is 5.32 Å². The van der Waals surface area contributed by atoms with Crippen LogP contribution in [0.15, 0.2) is 5.47 Å². The lowest BCUT2D eigenvalue weighted by atomic mass is 9.76. The molecule has 1 aromatic heterocycles. The number of rotatable bonds is 4. The van der Waals surface area contributed by atoms with Gasteiger partial charge in [0.1, 0.15) is 5.60 Å². The number of alkyl carbamates (subject to hydrolysis) is 1. The highest BCUT2D eigenvalue weighted by Gasteiger charge is 2.52. The molecule has 2 heterocycles. The fourth-order valence-electron chi connectivity index (χ4n) is 2.70. The number of hydrogen-bond acceptors (Lipinski definition) is 5. The number of ether oxygens (including phenoxy) is 1. The number of alkyl halides is 3. The summed E-state index contributed by atoms with van der Waals surface area (Å²) < 4.78 is 57.3. The molecular weight excluding hydrogens is 402 g/mol. The van der Waals surface area contributed by atoms with E-state index in [1.807, 2.05) is 27.7 Å². The molecule has 1 aromatic rings. The molecule has 0 radical (unpaired) electrons. The molecule has 2 rings (SSSR count). The lowest BCUT2D eigenvalue weighted by Gasteiger charge is -2.32. The molecule has 1 saturated heterocycles. The fourth-order valence-corrected chi connectivity index (χ4v) is 2.70. The van der Waals surface area contributed by atoms with E-state index in [4.69, 9.17) is 14.0 Å². The van der Waals surface area contributed by atoms with Crippen LogP contribution in [0.25, 0.3) is 6.08 Å². The van der Waals surface area contributed by atoms with Crippen LogP contribution in [0.2, 0.25) is 0 Å². The number of carbonyl (C=O) groups excluding carboxylic acids is 1. The molecule has 1 amide bonds. The number of halogens is 3. The summed E-state index contributed by atoms with van der Waals surface area (Å²) >= 11 is 0. The molecule has 0 atom stereocenters. The molecule has 30 heavy (non-hydrogen) atoms. The number of hydrogen-bond donors (Lipinski definition) is 2. The van der Waals surface area contributed by atoms with Gasteiger partial charge in [0, 0.05) is 17.8 Å². The second kappa shape index (κ2) is 7.92. The van der Waals surface area contributed by atoms with Crippen molar-refractivity contribution < 1.29 is 32.0 Å². The standard InChI is InChI=1S/C19H29BF3N3O4/c1-11-13(14(26-25-11)19(21,22)23)9-12(10-24-15(27)28-16(2,3)4)20-29-17(5,6)18(7,8)30-20/h9H,10H2,1-8H3,(H,24,27)(H,25,26). The Kier molecular flexibility index (Phi) is 6.41. The van der Waals surface area contributed by atoms with Crippen LogP contribution in [0.5, 0.6) is 0 Å². The Balaban J connectivity index is 2.39. The number of aryl methyl sites for hydroxylation is 1. The van der Waals surface area contributed by atoms with Crippen molar-refractivity contribution in [3.63, 3.8) is 0 Å². The summed E-state index contributed by atoms with van der Waals surface area (Å²) in [5.74, 6) is 0. The number of nitrogens with zero attached hydrogens (tertiary/aromatic N) is 1. The van der Waals surface area contributed by atoms with Crippen LogP contribution in [0.4, 0.5) is 18.0 Å². The summed E-state index contributed by atoms with van der Waals surface area (Å²) in [7, 11) is -0.958. The van der Waals surface area contributed by atoms with E-state index in [2.05, 4.69) is 15.5 Å². The number of carbonyl (C=O) groups is 1. The van der Waals surface area contributed by atoms with Crippen molar-refractivity contribution in [3.05, 3.63) is 22.4 Å². The zero-order chi connectivity index (χ0) is 23.1. The van der Waals surface area contributed by atoms with Gasteiger partial charge in [0.05, 0.1) is 11.2 Å². The maximum atomic E-state index is 13.4. The molecule has 0 aromatic carbocycles. The van der Waals surface area contributed by atoms with E-state index in [-0.39, 0.29) is 17.8 Å². The van der Waals surface area contributed by atoms with Crippen LogP contribution in [0.1, 0.15) is 65.4 Å². The summed E-state index contributed by atoms with van der Waals surface area (Å²) in [4.78, 5) is 12.1. The normalized spacial score (nSPS) is 19.2. The minimum atomic E-state index is -4.64. The van der Waals surface area contributed by atoms with E-state index in [1.54, 1.807) is 20.8 Å². The van der Waals surface area contributed by atoms with Crippen molar-refractivity contribution in [1.29, 1.82) is 0 Å². The van der Waals surface area contributed by atoms with Crippen molar-refractivity contribution in [2.45, 2.75) is 78.4 Å². The second-order valence-corrected chi connectivity index (χ2v) is 9.27. The van der Waals surface area contributed by atoms with Crippen LogP contribution in [-0.2, 0) is 20.2 Å². The van der Waals surface area contributed by atoms with Gasteiger partial charge < -0.3 is 19.4 Å². The molecule has 0 aliphatic carbocycles. The van der Waals surface area contributed by atoms with Gasteiger partial charge in [-0.3, -0.25) is 5.10 Å². The molecule has 1 aliphatic heterocycles. The summed E-state index contributed by atoms with van der Waals surface area (Å²) in [6, 6.07) is 0. The van der Waals surface area contributed by atoms with Crippen molar-refractivity contribution in [1.82, 2.24) is 15.5 Å². The predicted octanol–water partition coefficient (Wildman–Crippen LogP) is 4.28. The van der Waals surface area contributed by atoms with E-state index in [1.165, 1.54) is 13.0 Å². The third kappa shape index (κ3) is 5.57. The number of amides is 1. The first-order valence-electron chi connectivity index (χ1n) is 9.58. The van der Waals surface area contributed by atoms with Gasteiger partial charge in [0.2, 0.25) is 0 Å². The molecular formula is C19H29BF3N3O4. The monoisotopic (exact) mass is 431 g/mol. The van der Waals surface area contributed by atoms with Crippen LogP contribution in [-0.4, -0.2) is 46.8 Å². The van der Waals surface area contributed by atoms with E-state index < -0.39 is 41.9 Å². The Labute approximate surface area is 174 Å². The van der Waals surface area contributed by atoms with E-state index in [0.717, 1.165) is 0 Å². The minimum absolute atomic E-state index is 0.131. The molecule has 1 aliphatic rings. The molecule has 2 N–H and O–H groups in total. The van der Waals surface area contributed by atoms with E-state index in [9.17, 15) is 18.0 Å². The van der Waals surface area contributed by atoms with Crippen LogP contribution in [0, 0.1) is 6.92 Å². The Morgan fingerprint density at radius 3 is 2.20 bits per heavy atom. The van der Waals surface area contributed by atoms with Crippen LogP contribution in [0.3, 0.4) is 0 Å². The quantitative estimate of drug-likeness (QED) is 0.696. The summed E-state index contributed by atoms with van der Waals surface area (Å²) in [5.41, 5.74) is -2.79. The maximum Gasteiger partial charge on any atom is 0.492 e. The Morgan fingerprint density at radius 2 is 1.73 bits per heavy atom. The highest BCUT2D eigenvalue weighted by molar-refractivity contribution is 6.56. The zero-order valence-corrected chi connectivity index (χ0v) is 18.6. The lowest BCUT2D eigenvalue weighted by molar-refractivity contribution is -0.141. The Hall–Kier alpha value is -2.01. The molecule has 7 nitrogen and oxygen atoms in total. The van der Waals surface area contributed by atoms with Crippen molar-refractivity contribution in [2.24, 2.45) is 0 Å². The highest BCUT2D eigenvalue weighted by Crippen LogP contribution is 2.39. The minimum Gasteiger partial charge on any atom is -0.444 e. The van der Waals surface area contributed by atoms with Gasteiger partial charge in [-0.15, -0.1) is 0 Å². The lowest BCUT2D eigenvalue weighted by Crippen LogP contribution is -2.41. The SMILES string of the molecule is Cc1[nH]nc(C(F)(F)F)c1C=C(CNC(=O)OC(C)(C)C)B1OC(C)(C)C(C)(C)O1. The molecule has 0 saturated carbocycles. The number of H-pyrrole nitrogens is 1. The maximum absolute atomic E-state index is 13.4. The molecule has 11 heteroatoms. The summed E-state index contributed by atoms with van der Waals surface area (Å²) in [6.07, 6.45) is -4.05. The van der Waals surface area contributed by atoms with Gasteiger partial charge in [-0.2, -0.15) is 18.3 Å². The summed E-state index contributed by atoms with van der Waals surface area (Å²) in [6.45, 7) is 13.8. The second-order valence-electron chi connectivity index (χ2n) is 9.27. The van der Waals surface area contributed by atoms with Crippen molar-refractivity contribution >= 4 is 19.3 Å². The number of aromatic amines is 1. The Bertz CT molecular complexity index is 810. The van der Waals surface area contributed by atoms with Gasteiger partial charge in [-0.05, 0) is 60.9 Å². The van der Waals surface area contributed by atoms with Gasteiger partial charge >= 0.3 is 19.4 Å². The summed E-state index contributed by atoms with van der Waals surface area (Å²) in [5, 5.41) is 8.30. The van der Waals surface area contributed by atoms with Crippen molar-refractivity contribution in [3.8, 4) is 0 Å². The van der Waals surface area contributed by atoms with Crippen molar-refractivity contribution in [2.75, 3.05) is 6.54 Å². The van der Waals surface area contributed by atoms with Gasteiger partial charge in [0.15, 0.2) is 5.69 Å². The van der Waals surface area contributed by atoms with Crippen LogP contribution >= 0.6 is 0 Å². The Morgan fingerprint density at radius 1 is 1.20 bits per heavy atom. The molecule has 0 unspecified atom stereocenters. The topological polar surface area (TPSA) is 85.5 Å². The van der Waals surface area contributed by atoms with Gasteiger partial charge in [0.25, 0.3) is 0 Å². The number of aromatic nitrogens is 2.